The largest absolute Gasteiger partial charge is 0.379 e. The molecule has 0 unspecified atom stereocenters. The molecule has 2 N–H and O–H groups in total. The Morgan fingerprint density at radius 1 is 1.26 bits per heavy atom. The normalized spacial score (nSPS) is 10.5. The first-order valence-corrected chi connectivity index (χ1v) is 6.16. The van der Waals surface area contributed by atoms with Crippen molar-refractivity contribution in [2.45, 2.75) is 13.1 Å². The first-order chi connectivity index (χ1) is 9.40. The zero-order chi connectivity index (χ0) is 12.9. The predicted molar refractivity (Wildman–Crippen MR) is 73.7 cm³/mol. The third kappa shape index (κ3) is 3.01. The van der Waals surface area contributed by atoms with Crippen LogP contribution in [-0.4, -0.2) is 19.5 Å². The van der Waals surface area contributed by atoms with Crippen LogP contribution in [0.4, 0.5) is 5.69 Å². The topological polar surface area (TPSA) is 58.5 Å². The van der Waals surface area contributed by atoms with Crippen molar-refractivity contribution >= 4 is 5.69 Å². The fourth-order valence-electron chi connectivity index (χ4n) is 1.95. The SMILES string of the molecule is c1cc(Cn2ccnc2)cc(NCc2cnc[nH]2)c1. The maximum atomic E-state index is 4.05. The summed E-state index contributed by atoms with van der Waals surface area (Å²) < 4.78 is 2.05. The number of aromatic nitrogens is 4. The van der Waals surface area contributed by atoms with Gasteiger partial charge in [-0.2, -0.15) is 0 Å². The van der Waals surface area contributed by atoms with E-state index in [1.807, 2.05) is 23.3 Å². The minimum atomic E-state index is 0.745. The van der Waals surface area contributed by atoms with Crippen LogP contribution in [0.25, 0.3) is 0 Å². The van der Waals surface area contributed by atoms with E-state index in [1.165, 1.54) is 5.56 Å². The lowest BCUT2D eigenvalue weighted by molar-refractivity contribution is 0.797. The molecule has 5 nitrogen and oxygen atoms in total. The molecular formula is C14H15N5. The molecule has 0 aliphatic rings. The van der Waals surface area contributed by atoms with E-state index in [9.17, 15) is 0 Å². The number of nitrogens with zero attached hydrogens (tertiary/aromatic N) is 3. The summed E-state index contributed by atoms with van der Waals surface area (Å²) in [4.78, 5) is 11.1. The van der Waals surface area contributed by atoms with Crippen LogP contribution in [0.2, 0.25) is 0 Å². The second-order valence-corrected chi connectivity index (χ2v) is 4.37. The van der Waals surface area contributed by atoms with Crippen molar-refractivity contribution in [3.8, 4) is 0 Å². The number of H-pyrrole nitrogens is 1. The summed E-state index contributed by atoms with van der Waals surface area (Å²) in [5.41, 5.74) is 3.42. The highest BCUT2D eigenvalue weighted by Gasteiger charge is 1.98. The van der Waals surface area contributed by atoms with Gasteiger partial charge in [0.05, 0.1) is 24.9 Å². The van der Waals surface area contributed by atoms with Crippen molar-refractivity contribution in [2.24, 2.45) is 0 Å². The molecule has 0 atom stereocenters. The average Bonchev–Trinajstić information content (AvgIpc) is 3.10. The van der Waals surface area contributed by atoms with Crippen LogP contribution < -0.4 is 5.32 Å². The Hall–Kier alpha value is -2.56. The highest BCUT2D eigenvalue weighted by molar-refractivity contribution is 5.45. The van der Waals surface area contributed by atoms with Gasteiger partial charge in [0.15, 0.2) is 0 Å². The van der Waals surface area contributed by atoms with Gasteiger partial charge in [0.25, 0.3) is 0 Å². The molecule has 2 aromatic heterocycles. The zero-order valence-corrected chi connectivity index (χ0v) is 10.5. The molecule has 19 heavy (non-hydrogen) atoms. The highest BCUT2D eigenvalue weighted by atomic mass is 15.0. The number of rotatable bonds is 5. The molecule has 0 spiro atoms. The van der Waals surface area contributed by atoms with Gasteiger partial charge in [-0.05, 0) is 17.7 Å². The Balaban J connectivity index is 1.66. The fourth-order valence-corrected chi connectivity index (χ4v) is 1.95. The van der Waals surface area contributed by atoms with E-state index in [0.717, 1.165) is 24.5 Å². The van der Waals surface area contributed by atoms with Gasteiger partial charge in [0, 0.05) is 30.8 Å². The zero-order valence-electron chi connectivity index (χ0n) is 10.5. The Morgan fingerprint density at radius 3 is 3.05 bits per heavy atom. The van der Waals surface area contributed by atoms with Crippen LogP contribution in [0.3, 0.4) is 0 Å². The van der Waals surface area contributed by atoms with Crippen LogP contribution >= 0.6 is 0 Å². The second kappa shape index (κ2) is 5.39. The van der Waals surface area contributed by atoms with E-state index >= 15 is 0 Å². The summed E-state index contributed by atoms with van der Waals surface area (Å²) in [7, 11) is 0. The van der Waals surface area contributed by atoms with Crippen molar-refractivity contribution < 1.29 is 0 Å². The molecule has 1 aromatic carbocycles. The number of aromatic amines is 1. The summed E-state index contributed by atoms with van der Waals surface area (Å²) in [6.07, 6.45) is 9.09. The monoisotopic (exact) mass is 253 g/mol. The third-order valence-electron chi connectivity index (χ3n) is 2.89. The maximum absolute atomic E-state index is 4.05. The molecule has 2 heterocycles. The van der Waals surface area contributed by atoms with Crippen LogP contribution in [-0.2, 0) is 13.1 Å². The van der Waals surface area contributed by atoms with E-state index < -0.39 is 0 Å². The van der Waals surface area contributed by atoms with Crippen LogP contribution in [0, 0.1) is 0 Å². The summed E-state index contributed by atoms with van der Waals surface area (Å²) in [6.45, 7) is 1.58. The van der Waals surface area contributed by atoms with Gasteiger partial charge in [-0.25, -0.2) is 9.97 Å². The van der Waals surface area contributed by atoms with Gasteiger partial charge in [-0.15, -0.1) is 0 Å². The minimum Gasteiger partial charge on any atom is -0.379 e. The summed E-state index contributed by atoms with van der Waals surface area (Å²) in [5.74, 6) is 0. The molecule has 3 aromatic rings. The van der Waals surface area contributed by atoms with Crippen molar-refractivity contribution in [3.63, 3.8) is 0 Å². The molecule has 0 saturated carbocycles. The number of hydrogen-bond donors (Lipinski definition) is 2. The molecule has 0 radical (unpaired) electrons. The Morgan fingerprint density at radius 2 is 2.26 bits per heavy atom. The lowest BCUT2D eigenvalue weighted by atomic mass is 10.2. The first-order valence-electron chi connectivity index (χ1n) is 6.16. The molecule has 5 heteroatoms. The van der Waals surface area contributed by atoms with Gasteiger partial charge in [-0.1, -0.05) is 12.1 Å². The van der Waals surface area contributed by atoms with Crippen molar-refractivity contribution in [1.29, 1.82) is 0 Å². The Labute approximate surface area is 111 Å². The molecule has 0 amide bonds. The van der Waals surface area contributed by atoms with Gasteiger partial charge in [0.2, 0.25) is 0 Å². The smallest absolute Gasteiger partial charge is 0.0949 e. The number of anilines is 1. The molecule has 96 valence electrons. The van der Waals surface area contributed by atoms with Crippen LogP contribution in [0.1, 0.15) is 11.3 Å². The average molecular weight is 253 g/mol. The Kier molecular flexibility index (Phi) is 3.27. The van der Waals surface area contributed by atoms with Gasteiger partial charge in [-0.3, -0.25) is 0 Å². The third-order valence-corrected chi connectivity index (χ3v) is 2.89. The highest BCUT2D eigenvalue weighted by Crippen LogP contribution is 2.12. The van der Waals surface area contributed by atoms with Crippen LogP contribution in [0.15, 0.2) is 55.5 Å². The van der Waals surface area contributed by atoms with Gasteiger partial charge in [0.1, 0.15) is 0 Å². The van der Waals surface area contributed by atoms with E-state index in [1.54, 1.807) is 12.5 Å². The van der Waals surface area contributed by atoms with Gasteiger partial charge >= 0.3 is 0 Å². The fraction of sp³-hybridized carbons (Fsp3) is 0.143. The number of benzene rings is 1. The summed E-state index contributed by atoms with van der Waals surface area (Å²) >= 11 is 0. The lowest BCUT2D eigenvalue weighted by Crippen LogP contribution is -2.01. The van der Waals surface area contributed by atoms with Gasteiger partial charge < -0.3 is 14.9 Å². The second-order valence-electron chi connectivity index (χ2n) is 4.37. The number of nitrogens with one attached hydrogen (secondary N) is 2. The molecule has 0 aliphatic carbocycles. The van der Waals surface area contributed by atoms with Crippen LogP contribution in [0.5, 0.6) is 0 Å². The summed E-state index contributed by atoms with van der Waals surface area (Å²) in [5, 5.41) is 3.37. The molecule has 0 bridgehead atoms. The lowest BCUT2D eigenvalue weighted by Gasteiger charge is -2.08. The molecule has 0 aliphatic heterocycles. The van der Waals surface area contributed by atoms with Crippen molar-refractivity contribution in [1.82, 2.24) is 19.5 Å². The molecular weight excluding hydrogens is 238 g/mol. The molecule has 0 fully saturated rings. The number of imidazole rings is 2. The predicted octanol–water partition coefficient (Wildman–Crippen LogP) is 2.27. The Bertz CT molecular complexity index is 613. The van der Waals surface area contributed by atoms with Crippen molar-refractivity contribution in [2.75, 3.05) is 5.32 Å². The van der Waals surface area contributed by atoms with E-state index in [0.29, 0.717) is 0 Å². The van der Waals surface area contributed by atoms with E-state index in [4.69, 9.17) is 0 Å². The first kappa shape index (κ1) is 11.5. The standard InChI is InChI=1S/C14H15N5/c1-2-12(9-19-5-4-15-11-19)6-13(3-1)17-8-14-7-16-10-18-14/h1-7,10-11,17H,8-9H2,(H,16,18). The minimum absolute atomic E-state index is 0.745. The van der Waals surface area contributed by atoms with E-state index in [2.05, 4.69) is 44.5 Å². The summed E-state index contributed by atoms with van der Waals surface area (Å²) in [6, 6.07) is 8.38. The molecule has 3 rings (SSSR count). The molecule has 0 saturated heterocycles. The quantitative estimate of drug-likeness (QED) is 0.733. The van der Waals surface area contributed by atoms with Crippen molar-refractivity contribution in [3.05, 3.63) is 66.8 Å². The maximum Gasteiger partial charge on any atom is 0.0949 e. The van der Waals surface area contributed by atoms with E-state index in [-0.39, 0.29) is 0 Å². The number of hydrogen-bond acceptors (Lipinski definition) is 3.